The van der Waals surface area contributed by atoms with E-state index in [0.717, 1.165) is 31.2 Å². The van der Waals surface area contributed by atoms with Gasteiger partial charge in [-0.1, -0.05) is 31.4 Å². The number of nitro benzene ring substituents is 1. The first-order valence-corrected chi connectivity index (χ1v) is 7.20. The zero-order chi connectivity index (χ0) is 14.6. The summed E-state index contributed by atoms with van der Waals surface area (Å²) < 4.78 is 0. The minimum Gasteiger partial charge on any atom is -0.389 e. The van der Waals surface area contributed by atoms with Crippen molar-refractivity contribution in [2.75, 3.05) is 6.54 Å². The van der Waals surface area contributed by atoms with Crippen molar-refractivity contribution >= 4 is 5.69 Å². The van der Waals surface area contributed by atoms with E-state index < -0.39 is 5.60 Å². The van der Waals surface area contributed by atoms with Gasteiger partial charge in [-0.25, -0.2) is 0 Å². The first-order valence-electron chi connectivity index (χ1n) is 7.20. The molecule has 20 heavy (non-hydrogen) atoms. The highest BCUT2D eigenvalue weighted by molar-refractivity contribution is 5.35. The minimum absolute atomic E-state index is 0.0131. The third-order valence-electron chi connectivity index (χ3n) is 4.10. The van der Waals surface area contributed by atoms with Crippen molar-refractivity contribution in [3.8, 4) is 0 Å². The van der Waals surface area contributed by atoms with Gasteiger partial charge < -0.3 is 10.4 Å². The summed E-state index contributed by atoms with van der Waals surface area (Å²) in [5.74, 6) is 0. The first-order chi connectivity index (χ1) is 9.50. The van der Waals surface area contributed by atoms with Crippen LogP contribution in [0.2, 0.25) is 0 Å². The average molecular weight is 278 g/mol. The summed E-state index contributed by atoms with van der Waals surface area (Å²) in [6.45, 7) is 2.50. The highest BCUT2D eigenvalue weighted by atomic mass is 16.6. The number of aliphatic hydroxyl groups is 1. The molecular weight excluding hydrogens is 256 g/mol. The molecule has 0 spiro atoms. The van der Waals surface area contributed by atoms with E-state index in [4.69, 9.17) is 0 Å². The monoisotopic (exact) mass is 278 g/mol. The molecule has 1 aliphatic rings. The third-order valence-corrected chi connectivity index (χ3v) is 4.10. The minimum atomic E-state index is -0.618. The molecule has 2 N–H and O–H groups in total. The van der Waals surface area contributed by atoms with Crippen molar-refractivity contribution in [2.45, 2.75) is 50.7 Å². The van der Waals surface area contributed by atoms with E-state index >= 15 is 0 Å². The summed E-state index contributed by atoms with van der Waals surface area (Å²) in [5.41, 5.74) is 0.360. The molecule has 0 radical (unpaired) electrons. The maximum Gasteiger partial charge on any atom is 0.269 e. The summed E-state index contributed by atoms with van der Waals surface area (Å²) in [4.78, 5) is 10.4. The molecule has 2 rings (SSSR count). The molecule has 5 heteroatoms. The quantitative estimate of drug-likeness (QED) is 0.641. The molecule has 0 aromatic heterocycles. The van der Waals surface area contributed by atoms with Crippen LogP contribution in [0, 0.1) is 10.1 Å². The Bertz CT molecular complexity index is 470. The first kappa shape index (κ1) is 14.9. The Balaban J connectivity index is 1.96. The van der Waals surface area contributed by atoms with Gasteiger partial charge >= 0.3 is 0 Å². The van der Waals surface area contributed by atoms with Gasteiger partial charge in [0.05, 0.1) is 10.5 Å². The summed E-state index contributed by atoms with van der Waals surface area (Å²) in [5, 5.41) is 24.5. The zero-order valence-corrected chi connectivity index (χ0v) is 11.8. The summed E-state index contributed by atoms with van der Waals surface area (Å²) >= 11 is 0. The Kier molecular flexibility index (Phi) is 4.73. The molecule has 0 heterocycles. The lowest BCUT2D eigenvalue weighted by atomic mass is 9.84. The fourth-order valence-electron chi connectivity index (χ4n) is 2.76. The fourth-order valence-corrected chi connectivity index (χ4v) is 2.76. The third kappa shape index (κ3) is 3.77. The van der Waals surface area contributed by atoms with Gasteiger partial charge in [0.15, 0.2) is 0 Å². The number of nitrogens with zero attached hydrogens (tertiary/aromatic N) is 1. The van der Waals surface area contributed by atoms with Crippen LogP contribution in [0.3, 0.4) is 0 Å². The Labute approximate surface area is 119 Å². The summed E-state index contributed by atoms with van der Waals surface area (Å²) in [6, 6.07) is 6.63. The topological polar surface area (TPSA) is 75.4 Å². The van der Waals surface area contributed by atoms with Crippen LogP contribution in [0.5, 0.6) is 0 Å². The number of hydrogen-bond donors (Lipinski definition) is 2. The maximum absolute atomic E-state index is 10.8. The van der Waals surface area contributed by atoms with E-state index in [0.29, 0.717) is 6.54 Å². The molecule has 1 aromatic rings. The second-order valence-corrected chi connectivity index (χ2v) is 5.74. The molecule has 1 aliphatic carbocycles. The normalized spacial score (nSPS) is 19.5. The van der Waals surface area contributed by atoms with E-state index in [1.165, 1.54) is 12.5 Å². The van der Waals surface area contributed by atoms with E-state index in [1.54, 1.807) is 12.1 Å². The molecule has 1 saturated carbocycles. The van der Waals surface area contributed by atoms with Crippen LogP contribution in [0.15, 0.2) is 24.3 Å². The molecule has 0 saturated heterocycles. The Morgan fingerprint density at radius 2 is 2.10 bits per heavy atom. The molecule has 110 valence electrons. The Morgan fingerprint density at radius 1 is 1.40 bits per heavy atom. The predicted octanol–water partition coefficient (Wildman–Crippen LogP) is 2.94. The molecule has 5 nitrogen and oxygen atoms in total. The Hall–Kier alpha value is -1.46. The van der Waals surface area contributed by atoms with Crippen LogP contribution in [0.25, 0.3) is 0 Å². The molecule has 0 aliphatic heterocycles. The number of benzene rings is 1. The van der Waals surface area contributed by atoms with Gasteiger partial charge in [0.1, 0.15) is 0 Å². The SMILES string of the molecule is CC(NCC1(O)CCCCC1)c1cccc([N+](=O)[O-])c1. The van der Waals surface area contributed by atoms with Crippen LogP contribution in [-0.4, -0.2) is 22.2 Å². The number of nitro groups is 1. The number of nitrogens with one attached hydrogen (secondary N) is 1. The van der Waals surface area contributed by atoms with Gasteiger partial charge in [0, 0.05) is 24.7 Å². The summed E-state index contributed by atoms with van der Waals surface area (Å²) in [7, 11) is 0. The van der Waals surface area contributed by atoms with Crippen LogP contribution < -0.4 is 5.32 Å². The van der Waals surface area contributed by atoms with E-state index in [-0.39, 0.29) is 16.7 Å². The van der Waals surface area contributed by atoms with Crippen molar-refractivity contribution in [3.63, 3.8) is 0 Å². The number of rotatable bonds is 5. The van der Waals surface area contributed by atoms with E-state index in [1.807, 2.05) is 13.0 Å². The van der Waals surface area contributed by atoms with E-state index in [2.05, 4.69) is 5.32 Å². The lowest BCUT2D eigenvalue weighted by molar-refractivity contribution is -0.384. The number of hydrogen-bond acceptors (Lipinski definition) is 4. The van der Waals surface area contributed by atoms with Crippen molar-refractivity contribution in [2.24, 2.45) is 0 Å². The molecule has 1 fully saturated rings. The van der Waals surface area contributed by atoms with Gasteiger partial charge in [0.2, 0.25) is 0 Å². The van der Waals surface area contributed by atoms with Crippen molar-refractivity contribution in [1.29, 1.82) is 0 Å². The second kappa shape index (κ2) is 6.33. The fraction of sp³-hybridized carbons (Fsp3) is 0.600. The molecule has 1 aromatic carbocycles. The van der Waals surface area contributed by atoms with Crippen LogP contribution >= 0.6 is 0 Å². The molecule has 1 atom stereocenters. The van der Waals surface area contributed by atoms with E-state index in [9.17, 15) is 15.2 Å². The van der Waals surface area contributed by atoms with Crippen LogP contribution in [-0.2, 0) is 0 Å². The van der Waals surface area contributed by atoms with Crippen molar-refractivity contribution in [3.05, 3.63) is 39.9 Å². The molecule has 0 bridgehead atoms. The van der Waals surface area contributed by atoms with Crippen molar-refractivity contribution < 1.29 is 10.0 Å². The average Bonchev–Trinajstić information content (AvgIpc) is 2.46. The molecular formula is C15H22N2O3. The zero-order valence-electron chi connectivity index (χ0n) is 11.8. The standard InChI is InChI=1S/C15H22N2O3/c1-12(13-6-5-7-14(10-13)17(19)20)16-11-15(18)8-3-2-4-9-15/h5-7,10,12,16,18H,2-4,8-9,11H2,1H3. The van der Waals surface area contributed by atoms with Gasteiger partial charge in [-0.15, -0.1) is 0 Å². The predicted molar refractivity (Wildman–Crippen MR) is 77.5 cm³/mol. The van der Waals surface area contributed by atoms with Gasteiger partial charge in [-0.3, -0.25) is 10.1 Å². The largest absolute Gasteiger partial charge is 0.389 e. The Morgan fingerprint density at radius 3 is 2.75 bits per heavy atom. The lowest BCUT2D eigenvalue weighted by Gasteiger charge is -2.33. The second-order valence-electron chi connectivity index (χ2n) is 5.74. The smallest absolute Gasteiger partial charge is 0.269 e. The number of non-ortho nitro benzene ring substituents is 1. The maximum atomic E-state index is 10.8. The van der Waals surface area contributed by atoms with Crippen LogP contribution in [0.4, 0.5) is 5.69 Å². The van der Waals surface area contributed by atoms with Crippen molar-refractivity contribution in [1.82, 2.24) is 5.32 Å². The van der Waals surface area contributed by atoms with Gasteiger partial charge in [-0.05, 0) is 25.3 Å². The highest BCUT2D eigenvalue weighted by Gasteiger charge is 2.29. The van der Waals surface area contributed by atoms with Gasteiger partial charge in [-0.2, -0.15) is 0 Å². The molecule has 0 amide bonds. The summed E-state index contributed by atoms with van der Waals surface area (Å²) in [6.07, 6.45) is 5.01. The van der Waals surface area contributed by atoms with Crippen LogP contribution in [0.1, 0.15) is 50.6 Å². The van der Waals surface area contributed by atoms with Gasteiger partial charge in [0.25, 0.3) is 5.69 Å². The highest BCUT2D eigenvalue weighted by Crippen LogP contribution is 2.28. The molecule has 1 unspecified atom stereocenters. The lowest BCUT2D eigenvalue weighted by Crippen LogP contribution is -2.42.